The van der Waals surface area contributed by atoms with Crippen molar-refractivity contribution in [2.24, 2.45) is 0 Å². The molecule has 0 unspecified atom stereocenters. The molecule has 2 rings (SSSR count). The molecule has 0 fully saturated rings. The van der Waals surface area contributed by atoms with Crippen molar-refractivity contribution >= 4 is 17.7 Å². The molecule has 0 atom stereocenters. The predicted molar refractivity (Wildman–Crippen MR) is 130 cm³/mol. The van der Waals surface area contributed by atoms with Gasteiger partial charge < -0.3 is 4.74 Å². The molecular weight excluding hydrogens is 388 g/mol. The number of ether oxygens (including phenoxy) is 1. The Morgan fingerprint density at radius 1 is 0.700 bits per heavy atom. The van der Waals surface area contributed by atoms with Crippen LogP contribution in [0.3, 0.4) is 0 Å². The molecule has 2 aromatic carbocycles. The predicted octanol–water partition coefficient (Wildman–Crippen LogP) is 8.54. The topological polar surface area (TPSA) is 26.3 Å². The van der Waals surface area contributed by atoms with Crippen molar-refractivity contribution in [3.8, 4) is 11.1 Å². The first-order valence-corrected chi connectivity index (χ1v) is 12.7. The Balaban J connectivity index is 1.74. The zero-order valence-corrected chi connectivity index (χ0v) is 19.6. The maximum atomic E-state index is 12.2. The van der Waals surface area contributed by atoms with Gasteiger partial charge in [0.15, 0.2) is 0 Å². The van der Waals surface area contributed by atoms with E-state index in [9.17, 15) is 4.79 Å². The number of carbonyl (C=O) groups is 1. The third-order valence-electron chi connectivity index (χ3n) is 5.31. The number of carbonyl (C=O) groups excluding carboxylic acids is 1. The van der Waals surface area contributed by atoms with Gasteiger partial charge in [0, 0.05) is 4.90 Å². The molecule has 2 nitrogen and oxygen atoms in total. The minimum absolute atomic E-state index is 0.218. The Morgan fingerprint density at radius 2 is 1.23 bits per heavy atom. The zero-order chi connectivity index (χ0) is 21.4. The van der Waals surface area contributed by atoms with E-state index < -0.39 is 0 Å². The normalized spacial score (nSPS) is 10.9. The Bertz CT molecular complexity index is 707. The fourth-order valence-corrected chi connectivity index (χ4v) is 4.30. The van der Waals surface area contributed by atoms with Crippen LogP contribution in [0.15, 0.2) is 53.4 Å². The Labute approximate surface area is 187 Å². The second kappa shape index (κ2) is 15.1. The van der Waals surface area contributed by atoms with Gasteiger partial charge in [0.05, 0.1) is 12.2 Å². The quantitative estimate of drug-likeness (QED) is 0.162. The van der Waals surface area contributed by atoms with Crippen LogP contribution in [0.2, 0.25) is 0 Å². The highest BCUT2D eigenvalue weighted by molar-refractivity contribution is 7.99. The van der Waals surface area contributed by atoms with E-state index in [-0.39, 0.29) is 5.97 Å². The summed E-state index contributed by atoms with van der Waals surface area (Å²) in [4.78, 5) is 13.5. The third-order valence-corrected chi connectivity index (χ3v) is 6.40. The highest BCUT2D eigenvalue weighted by Gasteiger charge is 2.07. The number of hydrogen-bond donors (Lipinski definition) is 0. The molecule has 0 aliphatic heterocycles. The van der Waals surface area contributed by atoms with E-state index in [4.69, 9.17) is 4.74 Å². The van der Waals surface area contributed by atoms with Crippen molar-refractivity contribution in [2.75, 3.05) is 12.4 Å². The maximum absolute atomic E-state index is 12.2. The summed E-state index contributed by atoms with van der Waals surface area (Å²) in [5.41, 5.74) is 2.93. The summed E-state index contributed by atoms with van der Waals surface area (Å²) in [6.07, 6.45) is 12.4. The van der Waals surface area contributed by atoms with Gasteiger partial charge in [-0.2, -0.15) is 0 Å². The fourth-order valence-electron chi connectivity index (χ4n) is 3.39. The molecule has 0 N–H and O–H groups in total. The molecule has 0 aromatic heterocycles. The SMILES string of the molecule is CCCCCCCCOC(=O)c1ccc(-c2ccc(SCCCCCC)cc2)cc1. The zero-order valence-electron chi connectivity index (χ0n) is 18.8. The van der Waals surface area contributed by atoms with Crippen molar-refractivity contribution in [1.29, 1.82) is 0 Å². The van der Waals surface area contributed by atoms with Gasteiger partial charge in [-0.05, 0) is 54.0 Å². The van der Waals surface area contributed by atoms with E-state index in [2.05, 4.69) is 38.1 Å². The van der Waals surface area contributed by atoms with E-state index >= 15 is 0 Å². The minimum atomic E-state index is -0.218. The van der Waals surface area contributed by atoms with E-state index in [1.807, 2.05) is 36.0 Å². The lowest BCUT2D eigenvalue weighted by atomic mass is 10.0. The molecule has 164 valence electrons. The Morgan fingerprint density at radius 3 is 1.87 bits per heavy atom. The lowest BCUT2D eigenvalue weighted by molar-refractivity contribution is 0.0497. The summed E-state index contributed by atoms with van der Waals surface area (Å²) in [5.74, 6) is 0.972. The molecule has 0 heterocycles. The van der Waals surface area contributed by atoms with Crippen LogP contribution in [0.4, 0.5) is 0 Å². The number of thioether (sulfide) groups is 1. The van der Waals surface area contributed by atoms with Crippen LogP contribution in [0, 0.1) is 0 Å². The lowest BCUT2D eigenvalue weighted by Crippen LogP contribution is -2.06. The van der Waals surface area contributed by atoms with Gasteiger partial charge in [0.25, 0.3) is 0 Å². The maximum Gasteiger partial charge on any atom is 0.338 e. The van der Waals surface area contributed by atoms with Gasteiger partial charge in [-0.25, -0.2) is 4.79 Å². The third kappa shape index (κ3) is 9.38. The van der Waals surface area contributed by atoms with Crippen molar-refractivity contribution < 1.29 is 9.53 Å². The van der Waals surface area contributed by atoms with E-state index in [1.54, 1.807) is 0 Å². The lowest BCUT2D eigenvalue weighted by Gasteiger charge is -2.07. The highest BCUT2D eigenvalue weighted by atomic mass is 32.2. The average molecular weight is 427 g/mol. The summed E-state index contributed by atoms with van der Waals surface area (Å²) in [7, 11) is 0. The van der Waals surface area contributed by atoms with Crippen LogP contribution < -0.4 is 0 Å². The number of unbranched alkanes of at least 4 members (excludes halogenated alkanes) is 8. The van der Waals surface area contributed by atoms with Crippen molar-refractivity contribution in [3.05, 3.63) is 54.1 Å². The summed E-state index contributed by atoms with van der Waals surface area (Å²) >= 11 is 1.93. The van der Waals surface area contributed by atoms with Gasteiger partial charge in [-0.3, -0.25) is 0 Å². The van der Waals surface area contributed by atoms with Crippen LogP contribution in [0.5, 0.6) is 0 Å². The molecule has 0 saturated carbocycles. The van der Waals surface area contributed by atoms with E-state index in [0.717, 1.165) is 18.4 Å². The van der Waals surface area contributed by atoms with Crippen LogP contribution in [0.1, 0.15) is 88.4 Å². The Hall–Kier alpha value is -1.74. The van der Waals surface area contributed by atoms with Gasteiger partial charge in [0.1, 0.15) is 0 Å². The van der Waals surface area contributed by atoms with Crippen molar-refractivity contribution in [2.45, 2.75) is 83.0 Å². The van der Waals surface area contributed by atoms with E-state index in [0.29, 0.717) is 12.2 Å². The first-order chi connectivity index (χ1) is 14.7. The monoisotopic (exact) mass is 426 g/mol. The second-order valence-corrected chi connectivity index (χ2v) is 9.08. The first kappa shape index (κ1) is 24.5. The van der Waals surface area contributed by atoms with Crippen LogP contribution in [-0.4, -0.2) is 18.3 Å². The molecule has 0 spiro atoms. The van der Waals surface area contributed by atoms with Crippen LogP contribution >= 0.6 is 11.8 Å². The molecule has 0 aliphatic carbocycles. The van der Waals surface area contributed by atoms with Gasteiger partial charge in [0.2, 0.25) is 0 Å². The second-order valence-electron chi connectivity index (χ2n) is 7.91. The summed E-state index contributed by atoms with van der Waals surface area (Å²) in [6.45, 7) is 4.99. The van der Waals surface area contributed by atoms with Gasteiger partial charge >= 0.3 is 5.97 Å². The average Bonchev–Trinajstić information content (AvgIpc) is 2.79. The first-order valence-electron chi connectivity index (χ1n) is 11.7. The van der Waals surface area contributed by atoms with Gasteiger partial charge in [-0.1, -0.05) is 89.5 Å². The van der Waals surface area contributed by atoms with Crippen molar-refractivity contribution in [1.82, 2.24) is 0 Å². The molecule has 3 heteroatoms. The highest BCUT2D eigenvalue weighted by Crippen LogP contribution is 2.25. The van der Waals surface area contributed by atoms with Crippen LogP contribution in [0.25, 0.3) is 11.1 Å². The number of esters is 1. The fraction of sp³-hybridized carbons (Fsp3) is 0.519. The molecule has 0 aliphatic rings. The van der Waals surface area contributed by atoms with Gasteiger partial charge in [-0.15, -0.1) is 11.8 Å². The standard InChI is InChI=1S/C27H38O2S/c1-3-5-7-9-10-11-21-29-27(28)25-15-13-23(14-16-25)24-17-19-26(20-18-24)30-22-12-8-6-4-2/h13-20H,3-12,21-22H2,1-2H3. The summed E-state index contributed by atoms with van der Waals surface area (Å²) < 4.78 is 5.42. The molecule has 2 aromatic rings. The summed E-state index contributed by atoms with van der Waals surface area (Å²) in [5, 5.41) is 0. The molecule has 0 saturated heterocycles. The number of rotatable bonds is 15. The minimum Gasteiger partial charge on any atom is -0.462 e. The number of hydrogen-bond acceptors (Lipinski definition) is 3. The Kier molecular flexibility index (Phi) is 12.4. The molecular formula is C27H38O2S. The molecule has 30 heavy (non-hydrogen) atoms. The molecule has 0 radical (unpaired) electrons. The summed E-state index contributed by atoms with van der Waals surface area (Å²) in [6, 6.07) is 16.5. The van der Waals surface area contributed by atoms with Crippen molar-refractivity contribution in [3.63, 3.8) is 0 Å². The number of benzene rings is 2. The largest absolute Gasteiger partial charge is 0.462 e. The molecule has 0 amide bonds. The van der Waals surface area contributed by atoms with Crippen LogP contribution in [-0.2, 0) is 4.74 Å². The smallest absolute Gasteiger partial charge is 0.338 e. The van der Waals surface area contributed by atoms with E-state index in [1.165, 1.54) is 67.6 Å². The molecule has 0 bridgehead atoms.